The summed E-state index contributed by atoms with van der Waals surface area (Å²) in [6.45, 7) is 0. The van der Waals surface area contributed by atoms with Crippen molar-refractivity contribution in [3.8, 4) is 67.3 Å². The van der Waals surface area contributed by atoms with Gasteiger partial charge in [0.05, 0.1) is 22.2 Å². The number of hydrogen-bond acceptors (Lipinski definition) is 3. The van der Waals surface area contributed by atoms with Crippen LogP contribution in [-0.2, 0) is 10.8 Å². The van der Waals surface area contributed by atoms with Crippen molar-refractivity contribution in [1.82, 2.24) is 9.97 Å². The quantitative estimate of drug-likeness (QED) is 0.177. The SMILES string of the molecule is c1ccc(-c2cc(-c3ccc(-c4ccc5c(c4)-c4c(ccc6c4oc4ccccc46)C54c5ccccc5C5(c6ccccc6-c6ccccc65)c5ccccc54)cc3)nc(-c3ccccc3)n2)cc1. The first-order chi connectivity index (χ1) is 34.2. The maximum atomic E-state index is 7.03. The van der Waals surface area contributed by atoms with Crippen LogP contribution in [0.4, 0.5) is 0 Å². The normalized spacial score (nSPS) is 14.0. The van der Waals surface area contributed by atoms with Crippen molar-refractivity contribution in [1.29, 1.82) is 0 Å². The summed E-state index contributed by atoms with van der Waals surface area (Å²) in [7, 11) is 0. The molecule has 0 amide bonds. The lowest BCUT2D eigenvalue weighted by Gasteiger charge is -2.48. The average molecular weight is 877 g/mol. The maximum Gasteiger partial charge on any atom is 0.160 e. The summed E-state index contributed by atoms with van der Waals surface area (Å²) in [6, 6.07) is 88.7. The molecule has 0 bridgehead atoms. The van der Waals surface area contributed by atoms with E-state index >= 15 is 0 Å². The number of para-hydroxylation sites is 1. The smallest absolute Gasteiger partial charge is 0.160 e. The minimum absolute atomic E-state index is 0.507. The zero-order chi connectivity index (χ0) is 45.3. The molecule has 0 saturated carbocycles. The molecule has 0 fully saturated rings. The molecule has 0 N–H and O–H groups in total. The molecule has 0 unspecified atom stereocenters. The van der Waals surface area contributed by atoms with Crippen LogP contribution >= 0.6 is 0 Å². The van der Waals surface area contributed by atoms with Crippen LogP contribution in [-0.4, -0.2) is 9.97 Å². The Morgan fingerprint density at radius 2 is 0.739 bits per heavy atom. The molecule has 0 atom stereocenters. The molecule has 3 aliphatic carbocycles. The Morgan fingerprint density at radius 1 is 0.290 bits per heavy atom. The summed E-state index contributed by atoms with van der Waals surface area (Å²) < 4.78 is 7.03. The molecule has 2 aromatic heterocycles. The third-order valence-electron chi connectivity index (χ3n) is 15.4. The molecular weight excluding hydrogens is 837 g/mol. The van der Waals surface area contributed by atoms with Crippen molar-refractivity contribution in [3.05, 3.63) is 287 Å². The van der Waals surface area contributed by atoms with Crippen LogP contribution in [0.1, 0.15) is 44.5 Å². The Hall–Kier alpha value is -8.92. The van der Waals surface area contributed by atoms with Crippen LogP contribution in [0, 0.1) is 0 Å². The van der Waals surface area contributed by atoms with Crippen molar-refractivity contribution in [2.24, 2.45) is 0 Å². The molecule has 10 aromatic carbocycles. The fourth-order valence-corrected chi connectivity index (χ4v) is 12.6. The third kappa shape index (κ3) is 5.11. The van der Waals surface area contributed by atoms with Gasteiger partial charge in [0.15, 0.2) is 5.82 Å². The number of nitrogens with zero attached hydrogens (tertiary/aromatic N) is 2. The monoisotopic (exact) mass is 876 g/mol. The molecular formula is C66H40N2O. The second kappa shape index (κ2) is 14.3. The maximum absolute atomic E-state index is 7.03. The van der Waals surface area contributed by atoms with Crippen LogP contribution in [0.15, 0.2) is 247 Å². The second-order valence-corrected chi connectivity index (χ2v) is 18.7. The molecule has 2 spiro atoms. The van der Waals surface area contributed by atoms with Gasteiger partial charge < -0.3 is 4.42 Å². The van der Waals surface area contributed by atoms with Crippen molar-refractivity contribution in [2.75, 3.05) is 0 Å². The highest BCUT2D eigenvalue weighted by Crippen LogP contribution is 2.68. The first-order valence-electron chi connectivity index (χ1n) is 23.8. The zero-order valence-electron chi connectivity index (χ0n) is 37.4. The molecule has 2 heterocycles. The van der Waals surface area contributed by atoms with E-state index < -0.39 is 10.8 Å². The fourth-order valence-electron chi connectivity index (χ4n) is 12.6. The highest BCUT2D eigenvalue weighted by molar-refractivity contribution is 6.13. The first kappa shape index (κ1) is 38.2. The molecule has 69 heavy (non-hydrogen) atoms. The highest BCUT2D eigenvalue weighted by Gasteiger charge is 2.59. The average Bonchev–Trinajstić information content (AvgIpc) is 4.06. The third-order valence-corrected chi connectivity index (χ3v) is 15.4. The number of furan rings is 1. The Kier molecular flexibility index (Phi) is 7.92. The fraction of sp³-hybridized carbons (Fsp3) is 0.0303. The van der Waals surface area contributed by atoms with Gasteiger partial charge in [-0.15, -0.1) is 0 Å². The van der Waals surface area contributed by atoms with E-state index in [2.05, 4.69) is 218 Å². The zero-order valence-corrected chi connectivity index (χ0v) is 37.4. The van der Waals surface area contributed by atoms with Gasteiger partial charge in [-0.2, -0.15) is 0 Å². The van der Waals surface area contributed by atoms with Crippen LogP contribution in [0.5, 0.6) is 0 Å². The summed E-state index contributed by atoms with van der Waals surface area (Å²) >= 11 is 0. The van der Waals surface area contributed by atoms with Crippen molar-refractivity contribution in [2.45, 2.75) is 10.8 Å². The van der Waals surface area contributed by atoms with Gasteiger partial charge in [0.2, 0.25) is 0 Å². The summed E-state index contributed by atoms with van der Waals surface area (Å²) in [5.74, 6) is 0.706. The van der Waals surface area contributed by atoms with Crippen LogP contribution < -0.4 is 0 Å². The summed E-state index contributed by atoms with van der Waals surface area (Å²) in [6.07, 6.45) is 0. The molecule has 15 rings (SSSR count). The Balaban J connectivity index is 0.955. The standard InChI is InChI=1S/C66H40N2O/c1-3-17-42(18-4-1)59-40-60(68-64(67-59)44-19-5-2-6-20-44)43-33-31-41(32-34-43)45-35-37-53-50(39-45)62-58(38-36-49-48-23-9-16-30-61(48)69-63(49)62)66(53)56-28-14-12-26-54(56)65(55-27-13-15-29-57(55)66)51-24-10-7-21-46(51)47-22-8-11-25-52(47)65/h1-40H. The van der Waals surface area contributed by atoms with Crippen molar-refractivity contribution >= 4 is 21.9 Å². The van der Waals surface area contributed by atoms with E-state index in [0.29, 0.717) is 5.82 Å². The molecule has 3 aliphatic rings. The molecule has 3 heteroatoms. The number of benzene rings is 10. The summed E-state index contributed by atoms with van der Waals surface area (Å²) in [5, 5.41) is 2.26. The van der Waals surface area contributed by atoms with E-state index in [1.54, 1.807) is 0 Å². The largest absolute Gasteiger partial charge is 0.455 e. The van der Waals surface area contributed by atoms with Gasteiger partial charge in [0.1, 0.15) is 11.2 Å². The number of fused-ring (bicyclic) bond motifs is 20. The van der Waals surface area contributed by atoms with E-state index in [4.69, 9.17) is 14.4 Å². The Morgan fingerprint density at radius 3 is 1.36 bits per heavy atom. The number of hydrogen-bond donors (Lipinski definition) is 0. The van der Waals surface area contributed by atoms with Crippen LogP contribution in [0.25, 0.3) is 89.2 Å². The lowest BCUT2D eigenvalue weighted by molar-refractivity contribution is 0.631. The lowest BCUT2D eigenvalue weighted by Crippen LogP contribution is -2.43. The van der Waals surface area contributed by atoms with E-state index in [1.165, 1.54) is 61.2 Å². The number of aromatic nitrogens is 2. The van der Waals surface area contributed by atoms with Gasteiger partial charge in [-0.05, 0) is 90.5 Å². The molecule has 12 aromatic rings. The van der Waals surface area contributed by atoms with Gasteiger partial charge >= 0.3 is 0 Å². The predicted molar refractivity (Wildman–Crippen MR) is 279 cm³/mol. The van der Waals surface area contributed by atoms with Crippen molar-refractivity contribution < 1.29 is 4.42 Å². The minimum Gasteiger partial charge on any atom is -0.455 e. The van der Waals surface area contributed by atoms with Crippen LogP contribution in [0.3, 0.4) is 0 Å². The van der Waals surface area contributed by atoms with Crippen molar-refractivity contribution in [3.63, 3.8) is 0 Å². The lowest BCUT2D eigenvalue weighted by atomic mass is 9.52. The summed E-state index contributed by atoms with van der Waals surface area (Å²) in [5.41, 5.74) is 23.2. The molecule has 320 valence electrons. The second-order valence-electron chi connectivity index (χ2n) is 18.7. The van der Waals surface area contributed by atoms with E-state index in [1.807, 2.05) is 24.3 Å². The predicted octanol–water partition coefficient (Wildman–Crippen LogP) is 16.1. The molecule has 0 saturated heterocycles. The first-order valence-corrected chi connectivity index (χ1v) is 23.8. The molecule has 3 nitrogen and oxygen atoms in total. The van der Waals surface area contributed by atoms with Gasteiger partial charge in [0, 0.05) is 33.0 Å². The van der Waals surface area contributed by atoms with Gasteiger partial charge in [-0.1, -0.05) is 224 Å². The molecule has 0 aliphatic heterocycles. The van der Waals surface area contributed by atoms with Crippen LogP contribution in [0.2, 0.25) is 0 Å². The van der Waals surface area contributed by atoms with E-state index in [9.17, 15) is 0 Å². The topological polar surface area (TPSA) is 38.9 Å². The molecule has 0 radical (unpaired) electrons. The van der Waals surface area contributed by atoms with E-state index in [0.717, 1.165) is 66.7 Å². The highest BCUT2D eigenvalue weighted by atomic mass is 16.3. The summed E-state index contributed by atoms with van der Waals surface area (Å²) in [4.78, 5) is 10.2. The number of rotatable bonds is 4. The van der Waals surface area contributed by atoms with Gasteiger partial charge in [0.25, 0.3) is 0 Å². The minimum atomic E-state index is -0.634. The van der Waals surface area contributed by atoms with E-state index in [-0.39, 0.29) is 0 Å². The Labute approximate surface area is 399 Å². The Bertz CT molecular complexity index is 3920. The van der Waals surface area contributed by atoms with Gasteiger partial charge in [-0.25, -0.2) is 9.97 Å². The van der Waals surface area contributed by atoms with Gasteiger partial charge in [-0.3, -0.25) is 0 Å².